The second kappa shape index (κ2) is 8.12. The second-order valence-electron chi connectivity index (χ2n) is 9.06. The summed E-state index contributed by atoms with van der Waals surface area (Å²) in [5, 5.41) is 10.9. The first kappa shape index (κ1) is 20.6. The Balaban J connectivity index is 1.25. The SMILES string of the molecule is Cc1[nH]nc2ncc(C(=O)NC3CN(C(=O)c4cc5c(o4)CCCC5)Cc4nccn4C3)cc12. The number of amides is 2. The lowest BCUT2D eigenvalue weighted by atomic mass is 9.99. The van der Waals surface area contributed by atoms with Gasteiger partial charge in [-0.25, -0.2) is 9.97 Å². The van der Waals surface area contributed by atoms with E-state index in [9.17, 15) is 9.59 Å². The summed E-state index contributed by atoms with van der Waals surface area (Å²) in [5.41, 5.74) is 3.01. The zero-order valence-electron chi connectivity index (χ0n) is 18.9. The van der Waals surface area contributed by atoms with Crippen LogP contribution in [-0.2, 0) is 25.9 Å². The maximum absolute atomic E-state index is 13.4. The van der Waals surface area contributed by atoms with Gasteiger partial charge in [0.05, 0.1) is 18.2 Å². The molecule has 0 saturated carbocycles. The number of nitrogens with zero attached hydrogens (tertiary/aromatic N) is 5. The lowest BCUT2D eigenvalue weighted by molar-refractivity contribution is 0.0684. The van der Waals surface area contributed by atoms with Gasteiger partial charge in [0.15, 0.2) is 11.4 Å². The van der Waals surface area contributed by atoms with E-state index in [1.807, 2.05) is 23.8 Å². The lowest BCUT2D eigenvalue weighted by Gasteiger charge is -2.24. The van der Waals surface area contributed by atoms with Crippen LogP contribution >= 0.6 is 0 Å². The largest absolute Gasteiger partial charge is 0.456 e. The van der Waals surface area contributed by atoms with Gasteiger partial charge >= 0.3 is 0 Å². The van der Waals surface area contributed by atoms with Crippen molar-refractivity contribution in [3.63, 3.8) is 0 Å². The summed E-state index contributed by atoms with van der Waals surface area (Å²) in [7, 11) is 0. The predicted molar refractivity (Wildman–Crippen MR) is 122 cm³/mol. The van der Waals surface area contributed by atoms with Crippen molar-refractivity contribution in [2.24, 2.45) is 0 Å². The van der Waals surface area contributed by atoms with Gasteiger partial charge in [0.25, 0.3) is 11.8 Å². The van der Waals surface area contributed by atoms with Crippen molar-refractivity contribution >= 4 is 22.8 Å². The van der Waals surface area contributed by atoms with Crippen LogP contribution in [0.5, 0.6) is 0 Å². The number of carbonyl (C=O) groups excluding carboxylic acids is 2. The van der Waals surface area contributed by atoms with Crippen molar-refractivity contribution in [1.29, 1.82) is 0 Å². The highest BCUT2D eigenvalue weighted by Gasteiger charge is 2.30. The molecule has 0 bridgehead atoms. The first-order valence-corrected chi connectivity index (χ1v) is 11.6. The molecular formula is C24H25N7O3. The number of fused-ring (bicyclic) bond motifs is 3. The highest BCUT2D eigenvalue weighted by Crippen LogP contribution is 2.26. The van der Waals surface area contributed by atoms with Crippen molar-refractivity contribution in [2.75, 3.05) is 6.54 Å². The van der Waals surface area contributed by atoms with Crippen LogP contribution in [0.25, 0.3) is 11.0 Å². The predicted octanol–water partition coefficient (Wildman–Crippen LogP) is 2.39. The first-order chi connectivity index (χ1) is 16.5. The van der Waals surface area contributed by atoms with Gasteiger partial charge in [-0.15, -0.1) is 0 Å². The van der Waals surface area contributed by atoms with E-state index in [-0.39, 0.29) is 17.9 Å². The zero-order valence-corrected chi connectivity index (χ0v) is 18.9. The normalized spacial score (nSPS) is 17.8. The van der Waals surface area contributed by atoms with E-state index in [1.165, 1.54) is 6.20 Å². The monoisotopic (exact) mass is 459 g/mol. The van der Waals surface area contributed by atoms with Crippen molar-refractivity contribution in [1.82, 2.24) is 34.9 Å². The summed E-state index contributed by atoms with van der Waals surface area (Å²) in [5.74, 6) is 1.64. The Morgan fingerprint density at radius 3 is 2.94 bits per heavy atom. The third-order valence-electron chi connectivity index (χ3n) is 6.68. The summed E-state index contributed by atoms with van der Waals surface area (Å²) >= 11 is 0. The molecule has 0 spiro atoms. The number of rotatable bonds is 3. The number of aromatic nitrogens is 5. The first-order valence-electron chi connectivity index (χ1n) is 11.6. The maximum Gasteiger partial charge on any atom is 0.290 e. The van der Waals surface area contributed by atoms with E-state index in [0.29, 0.717) is 36.6 Å². The number of hydrogen-bond acceptors (Lipinski definition) is 6. The second-order valence-corrected chi connectivity index (χ2v) is 9.06. The Bertz CT molecular complexity index is 1380. The third kappa shape index (κ3) is 3.64. The van der Waals surface area contributed by atoms with Gasteiger partial charge in [-0.1, -0.05) is 0 Å². The van der Waals surface area contributed by atoms with Gasteiger partial charge in [-0.05, 0) is 43.9 Å². The average molecular weight is 460 g/mol. The van der Waals surface area contributed by atoms with Crippen molar-refractivity contribution in [3.05, 3.63) is 64.9 Å². The lowest BCUT2D eigenvalue weighted by Crippen LogP contribution is -2.45. The van der Waals surface area contributed by atoms with E-state index in [4.69, 9.17) is 4.42 Å². The number of pyridine rings is 1. The van der Waals surface area contributed by atoms with Crippen molar-refractivity contribution in [3.8, 4) is 0 Å². The fraction of sp³-hybridized carbons (Fsp3) is 0.375. The molecule has 2 N–H and O–H groups in total. The number of furan rings is 1. The van der Waals surface area contributed by atoms with E-state index in [1.54, 1.807) is 17.2 Å². The van der Waals surface area contributed by atoms with E-state index in [0.717, 1.165) is 53.9 Å². The van der Waals surface area contributed by atoms with E-state index < -0.39 is 0 Å². The number of nitrogens with one attached hydrogen (secondary N) is 2. The molecule has 34 heavy (non-hydrogen) atoms. The Labute approximate surface area is 195 Å². The summed E-state index contributed by atoms with van der Waals surface area (Å²) in [6, 6.07) is 3.36. The van der Waals surface area contributed by atoms with Crippen LogP contribution in [0.1, 0.15) is 56.6 Å². The number of aryl methyl sites for hydroxylation is 3. The Hall–Kier alpha value is -3.95. The van der Waals surface area contributed by atoms with E-state index >= 15 is 0 Å². The molecule has 4 aromatic heterocycles. The van der Waals surface area contributed by atoms with E-state index in [2.05, 4.69) is 25.5 Å². The number of H-pyrrole nitrogens is 1. The van der Waals surface area contributed by atoms with Crippen LogP contribution in [0, 0.1) is 6.92 Å². The van der Waals surface area contributed by atoms with Crippen LogP contribution in [0.4, 0.5) is 0 Å². The fourth-order valence-electron chi connectivity index (χ4n) is 4.86. The van der Waals surface area contributed by atoms with Gasteiger partial charge in [-0.3, -0.25) is 14.7 Å². The molecule has 0 fully saturated rings. The molecule has 10 heteroatoms. The highest BCUT2D eigenvalue weighted by atomic mass is 16.4. The van der Waals surface area contributed by atoms with Crippen molar-refractivity contribution in [2.45, 2.75) is 51.7 Å². The third-order valence-corrected chi connectivity index (χ3v) is 6.68. The molecule has 1 aliphatic carbocycles. The summed E-state index contributed by atoms with van der Waals surface area (Å²) < 4.78 is 7.92. The quantitative estimate of drug-likeness (QED) is 0.485. The van der Waals surface area contributed by atoms with Gasteiger partial charge in [0.2, 0.25) is 0 Å². The maximum atomic E-state index is 13.4. The Kier molecular flexibility index (Phi) is 4.93. The number of carbonyl (C=O) groups is 2. The van der Waals surface area contributed by atoms with Gasteiger partial charge < -0.3 is 19.2 Å². The highest BCUT2D eigenvalue weighted by molar-refractivity contribution is 5.97. The molecule has 10 nitrogen and oxygen atoms in total. The van der Waals surface area contributed by atoms with Gasteiger partial charge in [0.1, 0.15) is 11.6 Å². The molecule has 0 radical (unpaired) electrons. The number of hydrogen-bond donors (Lipinski definition) is 2. The Morgan fingerprint density at radius 2 is 2.06 bits per heavy atom. The average Bonchev–Trinajstić information content (AvgIpc) is 3.54. The molecule has 2 aliphatic rings. The van der Waals surface area contributed by atoms with Crippen LogP contribution in [0.3, 0.4) is 0 Å². The minimum atomic E-state index is -0.308. The van der Waals surface area contributed by atoms with Crippen LogP contribution in [0.2, 0.25) is 0 Å². The van der Waals surface area contributed by atoms with Crippen LogP contribution < -0.4 is 5.32 Å². The van der Waals surface area contributed by atoms with Crippen LogP contribution in [0.15, 0.2) is 35.1 Å². The molecule has 6 rings (SSSR count). The van der Waals surface area contributed by atoms with Crippen LogP contribution in [-0.4, -0.2) is 54.0 Å². The summed E-state index contributed by atoms with van der Waals surface area (Å²) in [4.78, 5) is 36.9. The smallest absolute Gasteiger partial charge is 0.290 e. The molecule has 1 unspecified atom stereocenters. The molecular weight excluding hydrogens is 434 g/mol. The summed E-state index contributed by atoms with van der Waals surface area (Å²) in [6.45, 7) is 3.10. The topological polar surface area (TPSA) is 122 Å². The van der Waals surface area contributed by atoms with Gasteiger partial charge in [0, 0.05) is 49.2 Å². The molecule has 174 valence electrons. The molecule has 0 aromatic carbocycles. The standard InChI is InChI=1S/C24H25N7O3/c1-14-18-8-16(10-26-22(18)29-28-14)23(32)27-17-11-30-7-6-25-21(30)13-31(12-17)24(33)20-9-15-4-2-3-5-19(15)34-20/h6-10,17H,2-5,11-13H2,1H3,(H,27,32)(H,26,28,29). The summed E-state index contributed by atoms with van der Waals surface area (Å²) in [6.07, 6.45) is 9.14. The van der Waals surface area contributed by atoms with Gasteiger partial charge in [-0.2, -0.15) is 5.10 Å². The molecule has 0 saturated heterocycles. The minimum absolute atomic E-state index is 0.179. The van der Waals surface area contributed by atoms with Crippen molar-refractivity contribution < 1.29 is 14.0 Å². The molecule has 2 amide bonds. The molecule has 1 aliphatic heterocycles. The number of aromatic amines is 1. The molecule has 1 atom stereocenters. The Morgan fingerprint density at radius 1 is 1.18 bits per heavy atom. The number of imidazole rings is 1. The molecule has 5 heterocycles. The minimum Gasteiger partial charge on any atom is -0.456 e. The zero-order chi connectivity index (χ0) is 23.2. The fourth-order valence-corrected chi connectivity index (χ4v) is 4.86. The molecule has 4 aromatic rings.